The van der Waals surface area contributed by atoms with Gasteiger partial charge >= 0.3 is 0 Å². The van der Waals surface area contributed by atoms with Crippen LogP contribution in [0.1, 0.15) is 18.4 Å². The third-order valence-electron chi connectivity index (χ3n) is 2.38. The van der Waals surface area contributed by atoms with Crippen LogP contribution in [-0.4, -0.2) is 24.4 Å². The van der Waals surface area contributed by atoms with Gasteiger partial charge < -0.3 is 5.32 Å². The zero-order valence-corrected chi connectivity index (χ0v) is 11.4. The van der Waals surface area contributed by atoms with Crippen LogP contribution in [0.15, 0.2) is 24.3 Å². The molecular weight excluding hydrogens is 238 g/mol. The molecule has 0 amide bonds. The Morgan fingerprint density at radius 2 is 2.19 bits per heavy atom. The van der Waals surface area contributed by atoms with Crippen molar-refractivity contribution in [3.63, 3.8) is 0 Å². The zero-order valence-electron chi connectivity index (χ0n) is 9.84. The van der Waals surface area contributed by atoms with Crippen molar-refractivity contribution in [3.8, 4) is 0 Å². The van der Waals surface area contributed by atoms with Crippen LogP contribution in [0.3, 0.4) is 0 Å². The van der Waals surface area contributed by atoms with Crippen molar-refractivity contribution < 1.29 is 0 Å². The van der Waals surface area contributed by atoms with Crippen molar-refractivity contribution in [2.45, 2.75) is 19.3 Å². The van der Waals surface area contributed by atoms with E-state index < -0.39 is 0 Å². The van der Waals surface area contributed by atoms with Gasteiger partial charge in [0.05, 0.1) is 0 Å². The van der Waals surface area contributed by atoms with Crippen molar-refractivity contribution in [3.05, 3.63) is 29.8 Å². The molecule has 1 aromatic carbocycles. The lowest BCUT2D eigenvalue weighted by molar-refractivity contribution is 0.927. The third kappa shape index (κ3) is 5.66. The van der Waals surface area contributed by atoms with E-state index in [-0.39, 0.29) is 0 Å². The molecule has 0 atom stereocenters. The summed E-state index contributed by atoms with van der Waals surface area (Å²) in [4.78, 5) is 0. The molecule has 0 unspecified atom stereocenters. The Morgan fingerprint density at radius 1 is 1.31 bits per heavy atom. The number of halogens is 1. The second-order valence-electron chi connectivity index (χ2n) is 3.77. The van der Waals surface area contributed by atoms with Gasteiger partial charge in [0, 0.05) is 18.1 Å². The summed E-state index contributed by atoms with van der Waals surface area (Å²) in [5.74, 6) is 1.96. The highest BCUT2D eigenvalue weighted by molar-refractivity contribution is 7.98. The number of aryl methyl sites for hydroxylation is 1. The van der Waals surface area contributed by atoms with Gasteiger partial charge in [0.15, 0.2) is 0 Å². The number of thioether (sulfide) groups is 1. The SMILES string of the molecule is CSCCCNc1cccc(CCCCl)c1. The minimum atomic E-state index is 0.741. The zero-order chi connectivity index (χ0) is 11.6. The van der Waals surface area contributed by atoms with Crippen LogP contribution < -0.4 is 5.32 Å². The van der Waals surface area contributed by atoms with Gasteiger partial charge in [-0.15, -0.1) is 11.6 Å². The van der Waals surface area contributed by atoms with Gasteiger partial charge in [0.2, 0.25) is 0 Å². The lowest BCUT2D eigenvalue weighted by atomic mass is 10.1. The highest BCUT2D eigenvalue weighted by Gasteiger charge is 1.95. The smallest absolute Gasteiger partial charge is 0.0342 e. The molecule has 1 rings (SSSR count). The first-order valence-electron chi connectivity index (χ1n) is 5.74. The number of alkyl halides is 1. The normalized spacial score (nSPS) is 10.4. The molecule has 16 heavy (non-hydrogen) atoms. The Hall–Kier alpha value is -0.340. The number of rotatable bonds is 8. The van der Waals surface area contributed by atoms with Crippen LogP contribution in [0.2, 0.25) is 0 Å². The second kappa shape index (κ2) is 8.77. The summed E-state index contributed by atoms with van der Waals surface area (Å²) in [5.41, 5.74) is 2.60. The molecule has 0 aliphatic carbocycles. The Bertz CT molecular complexity index is 291. The highest BCUT2D eigenvalue weighted by atomic mass is 35.5. The molecule has 0 aliphatic rings. The number of hydrogen-bond donors (Lipinski definition) is 1. The largest absolute Gasteiger partial charge is 0.385 e. The summed E-state index contributed by atoms with van der Waals surface area (Å²) in [5, 5.41) is 3.45. The standard InChI is InChI=1S/C13H20ClNS/c1-16-10-4-9-15-13-7-2-5-12(11-13)6-3-8-14/h2,5,7,11,15H,3-4,6,8-10H2,1H3. The minimum absolute atomic E-state index is 0.741. The van der Waals surface area contributed by atoms with Crippen LogP contribution in [0.25, 0.3) is 0 Å². The summed E-state index contributed by atoms with van der Waals surface area (Å²) in [7, 11) is 0. The predicted octanol–water partition coefficient (Wildman–Crippen LogP) is 4.02. The van der Waals surface area contributed by atoms with Crippen LogP contribution in [0.4, 0.5) is 5.69 Å². The van der Waals surface area contributed by atoms with E-state index in [0.717, 1.165) is 25.3 Å². The molecule has 0 bridgehead atoms. The molecule has 0 heterocycles. The maximum atomic E-state index is 5.69. The van der Waals surface area contributed by atoms with E-state index in [1.165, 1.54) is 23.4 Å². The highest BCUT2D eigenvalue weighted by Crippen LogP contribution is 2.12. The molecule has 0 saturated heterocycles. The van der Waals surface area contributed by atoms with E-state index in [2.05, 4.69) is 35.8 Å². The van der Waals surface area contributed by atoms with Crippen LogP contribution in [-0.2, 0) is 6.42 Å². The van der Waals surface area contributed by atoms with Crippen molar-refractivity contribution in [2.24, 2.45) is 0 Å². The summed E-state index contributed by atoms with van der Waals surface area (Å²) in [6, 6.07) is 8.63. The van der Waals surface area contributed by atoms with E-state index in [1.807, 2.05) is 11.8 Å². The molecule has 1 N–H and O–H groups in total. The van der Waals surface area contributed by atoms with E-state index in [1.54, 1.807) is 0 Å². The van der Waals surface area contributed by atoms with Crippen molar-refractivity contribution in [1.82, 2.24) is 0 Å². The first-order valence-corrected chi connectivity index (χ1v) is 7.67. The molecule has 1 aromatic rings. The van der Waals surface area contributed by atoms with Crippen molar-refractivity contribution in [1.29, 1.82) is 0 Å². The molecule has 3 heteroatoms. The Labute approximate surface area is 108 Å². The molecular formula is C13H20ClNS. The Morgan fingerprint density at radius 3 is 2.94 bits per heavy atom. The molecule has 1 nitrogen and oxygen atoms in total. The minimum Gasteiger partial charge on any atom is -0.385 e. The van der Waals surface area contributed by atoms with Gasteiger partial charge in [-0.1, -0.05) is 12.1 Å². The predicted molar refractivity (Wildman–Crippen MR) is 77.0 cm³/mol. The molecule has 0 spiro atoms. The molecule has 0 radical (unpaired) electrons. The van der Waals surface area contributed by atoms with E-state index in [4.69, 9.17) is 11.6 Å². The number of anilines is 1. The Balaban J connectivity index is 2.35. The lowest BCUT2D eigenvalue weighted by Gasteiger charge is -2.07. The quantitative estimate of drug-likeness (QED) is 0.558. The molecule has 90 valence electrons. The first-order chi connectivity index (χ1) is 7.86. The average Bonchev–Trinajstić information content (AvgIpc) is 2.33. The monoisotopic (exact) mass is 257 g/mol. The van der Waals surface area contributed by atoms with Gasteiger partial charge in [0.25, 0.3) is 0 Å². The van der Waals surface area contributed by atoms with Crippen molar-refractivity contribution >= 4 is 29.1 Å². The van der Waals surface area contributed by atoms with Crippen LogP contribution in [0.5, 0.6) is 0 Å². The van der Waals surface area contributed by atoms with E-state index in [9.17, 15) is 0 Å². The fourth-order valence-corrected chi connectivity index (χ4v) is 2.12. The number of nitrogens with one attached hydrogen (secondary N) is 1. The van der Waals surface area contributed by atoms with E-state index in [0.29, 0.717) is 0 Å². The molecule has 0 fully saturated rings. The lowest BCUT2D eigenvalue weighted by Crippen LogP contribution is -2.02. The first kappa shape index (κ1) is 13.7. The maximum Gasteiger partial charge on any atom is 0.0342 e. The number of hydrogen-bond acceptors (Lipinski definition) is 2. The van der Waals surface area contributed by atoms with Crippen LogP contribution >= 0.6 is 23.4 Å². The average molecular weight is 258 g/mol. The fraction of sp³-hybridized carbons (Fsp3) is 0.538. The van der Waals surface area contributed by atoms with Gasteiger partial charge in [-0.2, -0.15) is 11.8 Å². The maximum absolute atomic E-state index is 5.69. The number of benzene rings is 1. The van der Waals surface area contributed by atoms with Crippen LogP contribution in [0, 0.1) is 0 Å². The topological polar surface area (TPSA) is 12.0 Å². The van der Waals surface area contributed by atoms with E-state index >= 15 is 0 Å². The summed E-state index contributed by atoms with van der Waals surface area (Å²) < 4.78 is 0. The fourth-order valence-electron chi connectivity index (χ4n) is 1.56. The summed E-state index contributed by atoms with van der Waals surface area (Å²) in [6.45, 7) is 1.06. The second-order valence-corrected chi connectivity index (χ2v) is 5.13. The Kier molecular flexibility index (Phi) is 7.52. The molecule has 0 aromatic heterocycles. The van der Waals surface area contributed by atoms with Gasteiger partial charge in [-0.05, 0) is 49.0 Å². The summed E-state index contributed by atoms with van der Waals surface area (Å²) >= 11 is 7.59. The molecule has 0 saturated carbocycles. The van der Waals surface area contributed by atoms with Gasteiger partial charge in [-0.25, -0.2) is 0 Å². The van der Waals surface area contributed by atoms with Gasteiger partial charge in [-0.3, -0.25) is 0 Å². The third-order valence-corrected chi connectivity index (χ3v) is 3.34. The summed E-state index contributed by atoms with van der Waals surface area (Å²) in [6.07, 6.45) is 5.49. The van der Waals surface area contributed by atoms with Crippen molar-refractivity contribution in [2.75, 3.05) is 29.8 Å². The molecule has 0 aliphatic heterocycles. The van der Waals surface area contributed by atoms with Gasteiger partial charge in [0.1, 0.15) is 0 Å².